The Morgan fingerprint density at radius 1 is 1.32 bits per heavy atom. The highest BCUT2D eigenvalue weighted by Gasteiger charge is 2.33. The number of anilines is 1. The largest absolute Gasteiger partial charge is 0.437 e. The van der Waals surface area contributed by atoms with Crippen molar-refractivity contribution in [1.29, 1.82) is 0 Å². The third kappa shape index (κ3) is 3.77. The standard InChI is InChI=1S/C21H22FN3O5S/c1-11-8-14(26)10-25(31(3,28)29)19-15(11)9-16-17(20(27)23-2)18(30-21(16)24-19)12-4-6-13(22)7-5-12/h4-7,9,11,14,26H,8,10H2,1-3H3,(H,23,27)/t11?,14-/m0/s1. The Morgan fingerprint density at radius 3 is 2.61 bits per heavy atom. The van der Waals surface area contributed by atoms with Crippen LogP contribution in [0.3, 0.4) is 0 Å². The molecule has 1 aromatic carbocycles. The van der Waals surface area contributed by atoms with Gasteiger partial charge in [0, 0.05) is 12.6 Å². The number of β-amino-alcohol motifs (C(OH)–C–C–N with tert-alkyl or cyclic N) is 1. The number of aromatic nitrogens is 1. The van der Waals surface area contributed by atoms with E-state index in [9.17, 15) is 22.7 Å². The van der Waals surface area contributed by atoms with Gasteiger partial charge in [-0.05, 0) is 48.2 Å². The number of sulfonamides is 1. The summed E-state index contributed by atoms with van der Waals surface area (Å²) >= 11 is 0. The fraction of sp³-hybridized carbons (Fsp3) is 0.333. The number of aliphatic hydroxyl groups is 1. The smallest absolute Gasteiger partial charge is 0.255 e. The molecule has 4 rings (SSSR count). The minimum atomic E-state index is -3.72. The first-order valence-corrected chi connectivity index (χ1v) is 11.6. The molecule has 1 aliphatic heterocycles. The summed E-state index contributed by atoms with van der Waals surface area (Å²) in [7, 11) is -2.24. The lowest BCUT2D eigenvalue weighted by Crippen LogP contribution is -2.36. The fourth-order valence-corrected chi connectivity index (χ4v) is 4.83. The summed E-state index contributed by atoms with van der Waals surface area (Å²) in [6.07, 6.45) is 0.524. The second kappa shape index (κ2) is 7.61. The third-order valence-electron chi connectivity index (χ3n) is 5.42. The van der Waals surface area contributed by atoms with Gasteiger partial charge in [0.15, 0.2) is 0 Å². The molecule has 164 valence electrons. The van der Waals surface area contributed by atoms with E-state index in [1.54, 1.807) is 6.07 Å². The van der Waals surface area contributed by atoms with Crippen molar-refractivity contribution in [2.75, 3.05) is 24.2 Å². The van der Waals surface area contributed by atoms with E-state index in [2.05, 4.69) is 10.3 Å². The Morgan fingerprint density at radius 2 is 2.00 bits per heavy atom. The van der Waals surface area contributed by atoms with Crippen LogP contribution in [0.2, 0.25) is 0 Å². The average molecular weight is 447 g/mol. The first kappa shape index (κ1) is 21.3. The monoisotopic (exact) mass is 447 g/mol. The van der Waals surface area contributed by atoms with Gasteiger partial charge in [0.25, 0.3) is 5.91 Å². The van der Waals surface area contributed by atoms with E-state index < -0.39 is 27.9 Å². The summed E-state index contributed by atoms with van der Waals surface area (Å²) < 4.78 is 45.2. The predicted molar refractivity (Wildman–Crippen MR) is 114 cm³/mol. The van der Waals surface area contributed by atoms with Crippen LogP contribution in [0.4, 0.5) is 10.2 Å². The maximum atomic E-state index is 13.4. The summed E-state index contributed by atoms with van der Waals surface area (Å²) in [6.45, 7) is 1.74. The molecule has 3 aromatic rings. The van der Waals surface area contributed by atoms with Gasteiger partial charge in [-0.3, -0.25) is 9.10 Å². The number of carbonyl (C=O) groups excluding carboxylic acids is 1. The van der Waals surface area contributed by atoms with E-state index in [0.717, 1.165) is 10.6 Å². The van der Waals surface area contributed by atoms with E-state index in [0.29, 0.717) is 22.9 Å². The Labute approximate surface area is 178 Å². The van der Waals surface area contributed by atoms with Crippen LogP contribution in [0, 0.1) is 5.82 Å². The maximum Gasteiger partial charge on any atom is 0.255 e. The Hall–Kier alpha value is -2.98. The first-order chi connectivity index (χ1) is 14.6. The molecule has 1 unspecified atom stereocenters. The van der Waals surface area contributed by atoms with Crippen LogP contribution in [-0.4, -0.2) is 50.4 Å². The Kier molecular flexibility index (Phi) is 5.22. The number of carbonyl (C=O) groups is 1. The lowest BCUT2D eigenvalue weighted by atomic mass is 9.95. The average Bonchev–Trinajstić information content (AvgIpc) is 3.02. The van der Waals surface area contributed by atoms with Crippen molar-refractivity contribution in [1.82, 2.24) is 10.3 Å². The number of aliphatic hydroxyl groups excluding tert-OH is 1. The molecule has 0 aliphatic carbocycles. The molecular formula is C21H22FN3O5S. The van der Waals surface area contributed by atoms with Crippen molar-refractivity contribution in [2.45, 2.75) is 25.4 Å². The van der Waals surface area contributed by atoms with Gasteiger partial charge in [0.1, 0.15) is 17.4 Å². The van der Waals surface area contributed by atoms with Crippen LogP contribution in [-0.2, 0) is 10.0 Å². The molecule has 0 fully saturated rings. The minimum Gasteiger partial charge on any atom is -0.437 e. The lowest BCUT2D eigenvalue weighted by molar-refractivity contribution is 0.0964. The van der Waals surface area contributed by atoms with Crippen LogP contribution in [0.5, 0.6) is 0 Å². The van der Waals surface area contributed by atoms with Crippen molar-refractivity contribution in [3.8, 4) is 11.3 Å². The summed E-state index contributed by atoms with van der Waals surface area (Å²) in [5, 5.41) is 13.3. The molecule has 0 bridgehead atoms. The van der Waals surface area contributed by atoms with Crippen LogP contribution in [0.25, 0.3) is 22.4 Å². The second-order valence-corrected chi connectivity index (χ2v) is 9.64. The molecule has 0 saturated carbocycles. The number of furan rings is 1. The lowest BCUT2D eigenvalue weighted by Gasteiger charge is -2.22. The number of hydrogen-bond acceptors (Lipinski definition) is 6. The molecule has 2 aromatic heterocycles. The highest BCUT2D eigenvalue weighted by molar-refractivity contribution is 7.92. The van der Waals surface area contributed by atoms with Crippen LogP contribution >= 0.6 is 0 Å². The van der Waals surface area contributed by atoms with Crippen molar-refractivity contribution in [2.24, 2.45) is 0 Å². The van der Waals surface area contributed by atoms with E-state index in [-0.39, 0.29) is 35.3 Å². The topological polar surface area (TPSA) is 113 Å². The number of benzene rings is 1. The van der Waals surface area contributed by atoms with Crippen molar-refractivity contribution >= 4 is 32.8 Å². The number of halogens is 1. The number of hydrogen-bond donors (Lipinski definition) is 2. The number of nitrogens with zero attached hydrogens (tertiary/aromatic N) is 2. The SMILES string of the molecule is CNC(=O)c1c(-c2ccc(F)cc2)oc2nc3c(cc12)C(C)C[C@H](O)CN3S(C)(=O)=O. The highest BCUT2D eigenvalue weighted by atomic mass is 32.2. The van der Waals surface area contributed by atoms with E-state index in [1.165, 1.54) is 31.3 Å². The number of fused-ring (bicyclic) bond motifs is 2. The molecule has 0 radical (unpaired) electrons. The highest BCUT2D eigenvalue weighted by Crippen LogP contribution is 2.40. The molecule has 31 heavy (non-hydrogen) atoms. The van der Waals surface area contributed by atoms with Gasteiger partial charge in [0.05, 0.1) is 29.9 Å². The maximum absolute atomic E-state index is 13.4. The first-order valence-electron chi connectivity index (χ1n) is 9.71. The van der Waals surface area contributed by atoms with Crippen LogP contribution in [0.1, 0.15) is 35.2 Å². The van der Waals surface area contributed by atoms with Crippen molar-refractivity contribution in [3.05, 3.63) is 47.3 Å². The van der Waals surface area contributed by atoms with Gasteiger partial charge >= 0.3 is 0 Å². The zero-order valence-electron chi connectivity index (χ0n) is 17.2. The number of nitrogens with one attached hydrogen (secondary N) is 1. The summed E-state index contributed by atoms with van der Waals surface area (Å²) in [5.41, 5.74) is 1.37. The van der Waals surface area contributed by atoms with Gasteiger partial charge in [-0.1, -0.05) is 6.92 Å². The summed E-state index contributed by atoms with van der Waals surface area (Å²) in [6, 6.07) is 7.19. The molecule has 1 amide bonds. The molecular weight excluding hydrogens is 425 g/mol. The molecule has 3 heterocycles. The molecule has 1 aliphatic rings. The van der Waals surface area contributed by atoms with Gasteiger partial charge < -0.3 is 14.8 Å². The normalized spacial score (nSPS) is 19.2. The van der Waals surface area contributed by atoms with Gasteiger partial charge in [-0.25, -0.2) is 12.8 Å². The second-order valence-electron chi connectivity index (χ2n) is 7.73. The van der Waals surface area contributed by atoms with Crippen LogP contribution < -0.4 is 9.62 Å². The summed E-state index contributed by atoms with van der Waals surface area (Å²) in [5.74, 6) is -0.679. The third-order valence-corrected chi connectivity index (χ3v) is 6.54. The quantitative estimate of drug-likeness (QED) is 0.638. The van der Waals surface area contributed by atoms with Crippen molar-refractivity contribution < 1.29 is 27.1 Å². The number of rotatable bonds is 3. The zero-order chi connectivity index (χ0) is 22.5. The van der Waals surface area contributed by atoms with Gasteiger partial charge in [-0.15, -0.1) is 0 Å². The van der Waals surface area contributed by atoms with Gasteiger partial charge in [0.2, 0.25) is 15.7 Å². The molecule has 0 saturated heterocycles. The van der Waals surface area contributed by atoms with Crippen molar-refractivity contribution in [3.63, 3.8) is 0 Å². The minimum absolute atomic E-state index is 0.0777. The zero-order valence-corrected chi connectivity index (χ0v) is 18.0. The van der Waals surface area contributed by atoms with Crippen LogP contribution in [0.15, 0.2) is 34.7 Å². The van der Waals surface area contributed by atoms with Gasteiger partial charge in [-0.2, -0.15) is 4.98 Å². The van der Waals surface area contributed by atoms with E-state index in [1.807, 2.05) is 6.92 Å². The molecule has 0 spiro atoms. The Balaban J connectivity index is 2.03. The number of amides is 1. The molecule has 8 nitrogen and oxygen atoms in total. The molecule has 2 N–H and O–H groups in total. The number of pyridine rings is 1. The molecule has 2 atom stereocenters. The summed E-state index contributed by atoms with van der Waals surface area (Å²) in [4.78, 5) is 17.2. The fourth-order valence-electron chi connectivity index (χ4n) is 3.93. The van der Waals surface area contributed by atoms with E-state index >= 15 is 0 Å². The predicted octanol–water partition coefficient (Wildman–Crippen LogP) is 2.63. The molecule has 10 heteroatoms. The Bertz CT molecular complexity index is 1270. The van der Waals surface area contributed by atoms with E-state index in [4.69, 9.17) is 4.42 Å².